The molecule has 0 aromatic heterocycles. The van der Waals surface area contributed by atoms with Gasteiger partial charge in [-0.2, -0.15) is 0 Å². The predicted molar refractivity (Wildman–Crippen MR) is 98.8 cm³/mol. The second-order valence-electron chi connectivity index (χ2n) is 5.96. The molecule has 1 atom stereocenters. The molecule has 150 valence electrons. The first kappa shape index (κ1) is 22.6. The Labute approximate surface area is 162 Å². The predicted octanol–water partition coefficient (Wildman–Crippen LogP) is 2.54. The number of carbonyl (C=O) groups excluding carboxylic acids is 3. The number of carbonyl (C=O) groups is 4. The van der Waals surface area contributed by atoms with E-state index < -0.39 is 30.0 Å². The molecule has 0 amide bonds. The van der Waals surface area contributed by atoms with Crippen LogP contribution in [0, 0.1) is 0 Å². The van der Waals surface area contributed by atoms with Gasteiger partial charge < -0.3 is 19.3 Å². The smallest absolute Gasteiger partial charge is 0.339 e. The Morgan fingerprint density at radius 3 is 2.04 bits per heavy atom. The summed E-state index contributed by atoms with van der Waals surface area (Å²) in [5, 5.41) is 9.19. The molecule has 0 bridgehead atoms. The number of ether oxygens (including phenoxy) is 3. The summed E-state index contributed by atoms with van der Waals surface area (Å²) in [7, 11) is 0. The van der Waals surface area contributed by atoms with Crippen LogP contribution >= 0.6 is 0 Å². The maximum Gasteiger partial charge on any atom is 0.339 e. The van der Waals surface area contributed by atoms with Gasteiger partial charge in [-0.05, 0) is 26.0 Å². The molecule has 0 heterocycles. The Bertz CT molecular complexity index is 793. The molecule has 0 saturated heterocycles. The van der Waals surface area contributed by atoms with Crippen molar-refractivity contribution in [2.75, 3.05) is 13.2 Å². The van der Waals surface area contributed by atoms with Gasteiger partial charge in [0.15, 0.2) is 0 Å². The van der Waals surface area contributed by atoms with Gasteiger partial charge in [0, 0.05) is 17.6 Å². The summed E-state index contributed by atoms with van der Waals surface area (Å²) in [6.45, 7) is 9.42. The molecule has 28 heavy (non-hydrogen) atoms. The normalized spacial score (nSPS) is 11.1. The Balaban J connectivity index is 2.85. The zero-order valence-corrected chi connectivity index (χ0v) is 15.7. The first-order valence-electron chi connectivity index (χ1n) is 8.32. The molecular weight excluding hydrogens is 368 g/mol. The fraction of sp³-hybridized carbons (Fsp3) is 0.300. The molecule has 1 aromatic rings. The molecule has 8 heteroatoms. The van der Waals surface area contributed by atoms with Crippen LogP contribution < -0.4 is 0 Å². The first-order chi connectivity index (χ1) is 13.1. The van der Waals surface area contributed by atoms with Crippen molar-refractivity contribution in [3.05, 3.63) is 59.7 Å². The van der Waals surface area contributed by atoms with Crippen LogP contribution in [0.4, 0.5) is 0 Å². The highest BCUT2D eigenvalue weighted by atomic mass is 16.6. The van der Waals surface area contributed by atoms with Gasteiger partial charge in [0.05, 0.1) is 17.7 Å². The van der Waals surface area contributed by atoms with Crippen LogP contribution in [0.25, 0.3) is 0 Å². The molecule has 8 nitrogen and oxygen atoms in total. The van der Waals surface area contributed by atoms with E-state index in [0.717, 1.165) is 0 Å². The molecule has 0 aliphatic rings. The largest absolute Gasteiger partial charge is 0.478 e. The summed E-state index contributed by atoms with van der Waals surface area (Å²) >= 11 is 0. The molecule has 0 fully saturated rings. The summed E-state index contributed by atoms with van der Waals surface area (Å²) in [5.74, 6) is -3.47. The minimum absolute atomic E-state index is 0.0312. The minimum atomic E-state index is -1.28. The van der Waals surface area contributed by atoms with Gasteiger partial charge in [-0.25, -0.2) is 19.2 Å². The van der Waals surface area contributed by atoms with E-state index in [2.05, 4.69) is 13.2 Å². The number of esters is 3. The highest BCUT2D eigenvalue weighted by Gasteiger charge is 2.23. The fourth-order valence-corrected chi connectivity index (χ4v) is 1.94. The molecule has 1 rings (SSSR count). The second kappa shape index (κ2) is 10.7. The number of carboxylic acid groups (broad SMARTS) is 1. The number of hydrogen-bond donors (Lipinski definition) is 1. The average Bonchev–Trinajstić information content (AvgIpc) is 2.64. The molecule has 0 saturated carbocycles. The number of benzene rings is 1. The van der Waals surface area contributed by atoms with Gasteiger partial charge in [-0.15, -0.1) is 0 Å². The van der Waals surface area contributed by atoms with Crippen LogP contribution in [-0.4, -0.2) is 48.3 Å². The third-order valence-corrected chi connectivity index (χ3v) is 3.42. The van der Waals surface area contributed by atoms with Crippen molar-refractivity contribution in [1.82, 2.24) is 0 Å². The third-order valence-electron chi connectivity index (χ3n) is 3.42. The van der Waals surface area contributed by atoms with Crippen LogP contribution in [0.15, 0.2) is 48.6 Å². The maximum absolute atomic E-state index is 12.4. The number of rotatable bonds is 10. The lowest BCUT2D eigenvalue weighted by molar-refractivity contribution is -0.144. The zero-order chi connectivity index (χ0) is 21.3. The topological polar surface area (TPSA) is 116 Å². The summed E-state index contributed by atoms with van der Waals surface area (Å²) < 4.78 is 15.2. The average molecular weight is 390 g/mol. The van der Waals surface area contributed by atoms with Crippen molar-refractivity contribution in [3.8, 4) is 0 Å². The highest BCUT2D eigenvalue weighted by molar-refractivity contribution is 6.02. The second-order valence-corrected chi connectivity index (χ2v) is 5.96. The zero-order valence-electron chi connectivity index (χ0n) is 15.7. The van der Waals surface area contributed by atoms with E-state index in [-0.39, 0.29) is 41.9 Å². The number of carboxylic acids is 1. The van der Waals surface area contributed by atoms with Crippen molar-refractivity contribution in [2.24, 2.45) is 0 Å². The first-order valence-corrected chi connectivity index (χ1v) is 8.32. The molecule has 1 aromatic carbocycles. The SMILES string of the molecule is C=C(C)C(=O)OCCC(COC(=O)C(=C)C)OC(=O)c1ccccc1C(=O)O. The van der Waals surface area contributed by atoms with E-state index in [9.17, 15) is 24.3 Å². The van der Waals surface area contributed by atoms with Crippen LogP contribution in [0.1, 0.15) is 41.0 Å². The van der Waals surface area contributed by atoms with Crippen molar-refractivity contribution >= 4 is 23.9 Å². The Morgan fingerprint density at radius 1 is 0.964 bits per heavy atom. The maximum atomic E-state index is 12.4. The van der Waals surface area contributed by atoms with Gasteiger partial charge in [0.2, 0.25) is 0 Å². The van der Waals surface area contributed by atoms with Crippen LogP contribution in [0.5, 0.6) is 0 Å². The fourth-order valence-electron chi connectivity index (χ4n) is 1.94. The molecule has 0 radical (unpaired) electrons. The Kier molecular flexibility index (Phi) is 8.61. The van der Waals surface area contributed by atoms with Crippen LogP contribution in [-0.2, 0) is 23.8 Å². The van der Waals surface area contributed by atoms with Gasteiger partial charge in [-0.3, -0.25) is 0 Å². The number of hydrogen-bond acceptors (Lipinski definition) is 7. The molecule has 1 unspecified atom stereocenters. The third kappa shape index (κ3) is 7.06. The number of aromatic carboxylic acids is 1. The van der Waals surface area contributed by atoms with E-state index in [1.807, 2.05) is 0 Å². The lowest BCUT2D eigenvalue weighted by atomic mass is 10.1. The van der Waals surface area contributed by atoms with E-state index in [1.54, 1.807) is 0 Å². The van der Waals surface area contributed by atoms with Crippen molar-refractivity contribution in [2.45, 2.75) is 26.4 Å². The van der Waals surface area contributed by atoms with E-state index in [4.69, 9.17) is 14.2 Å². The summed E-state index contributed by atoms with van der Waals surface area (Å²) in [6.07, 6.45) is -0.931. The van der Waals surface area contributed by atoms with E-state index in [1.165, 1.54) is 38.1 Å². The molecular formula is C20H22O8. The monoisotopic (exact) mass is 390 g/mol. The van der Waals surface area contributed by atoms with E-state index >= 15 is 0 Å². The van der Waals surface area contributed by atoms with Crippen LogP contribution in [0.2, 0.25) is 0 Å². The van der Waals surface area contributed by atoms with Gasteiger partial charge in [0.1, 0.15) is 12.7 Å². The van der Waals surface area contributed by atoms with Gasteiger partial charge in [0.25, 0.3) is 0 Å². The lowest BCUT2D eigenvalue weighted by Gasteiger charge is -2.18. The highest BCUT2D eigenvalue weighted by Crippen LogP contribution is 2.13. The van der Waals surface area contributed by atoms with Crippen molar-refractivity contribution in [3.63, 3.8) is 0 Å². The van der Waals surface area contributed by atoms with E-state index in [0.29, 0.717) is 0 Å². The van der Waals surface area contributed by atoms with Crippen molar-refractivity contribution in [1.29, 1.82) is 0 Å². The molecule has 0 aliphatic carbocycles. The quantitative estimate of drug-likeness (QED) is 0.368. The molecule has 1 N–H and O–H groups in total. The van der Waals surface area contributed by atoms with Gasteiger partial charge >= 0.3 is 23.9 Å². The Hall–Kier alpha value is -3.42. The summed E-state index contributed by atoms with van der Waals surface area (Å²) in [5.41, 5.74) is -0.00306. The van der Waals surface area contributed by atoms with Crippen molar-refractivity contribution < 1.29 is 38.5 Å². The minimum Gasteiger partial charge on any atom is -0.478 e. The van der Waals surface area contributed by atoms with Gasteiger partial charge in [-0.1, -0.05) is 25.3 Å². The molecule has 0 aliphatic heterocycles. The van der Waals surface area contributed by atoms with Crippen LogP contribution in [0.3, 0.4) is 0 Å². The lowest BCUT2D eigenvalue weighted by Crippen LogP contribution is -2.28. The summed E-state index contributed by atoms with van der Waals surface area (Å²) in [4.78, 5) is 46.7. The molecule has 0 spiro atoms. The Morgan fingerprint density at radius 2 is 1.50 bits per heavy atom. The summed E-state index contributed by atoms with van der Waals surface area (Å²) in [6, 6.07) is 5.55. The standard InChI is InChI=1S/C20H22O8/c1-12(2)18(23)26-10-9-14(11-27-19(24)13(3)4)28-20(25)16-8-6-5-7-15(16)17(21)22/h5-8,14H,1,3,9-11H2,2,4H3,(H,21,22).